The lowest BCUT2D eigenvalue weighted by Gasteiger charge is -2.13. The zero-order valence-corrected chi connectivity index (χ0v) is 19.3. The van der Waals surface area contributed by atoms with Crippen LogP contribution in [0.25, 0.3) is 11.3 Å². The predicted octanol–water partition coefficient (Wildman–Crippen LogP) is 6.81. The summed E-state index contributed by atoms with van der Waals surface area (Å²) in [4.78, 5) is 4.58. The highest BCUT2D eigenvalue weighted by Crippen LogP contribution is 2.26. The van der Waals surface area contributed by atoms with Gasteiger partial charge in [0.1, 0.15) is 18.1 Å². The smallest absolute Gasteiger partial charge is 0.203 e. The molecule has 4 rings (SSSR count). The van der Waals surface area contributed by atoms with E-state index in [9.17, 15) is 0 Å². The van der Waals surface area contributed by atoms with E-state index in [4.69, 9.17) is 21.1 Å². The second-order valence-electron chi connectivity index (χ2n) is 7.04. The average molecular weight is 464 g/mol. The van der Waals surface area contributed by atoms with Gasteiger partial charge in [-0.2, -0.15) is 5.10 Å². The normalized spacial score (nSPS) is 11.0. The fourth-order valence-electron chi connectivity index (χ4n) is 3.15. The van der Waals surface area contributed by atoms with Gasteiger partial charge in [-0.3, -0.25) is 5.43 Å². The van der Waals surface area contributed by atoms with Gasteiger partial charge in [0.2, 0.25) is 5.13 Å². The number of benzene rings is 3. The molecule has 0 saturated carbocycles. The molecule has 1 heterocycles. The first-order chi connectivity index (χ1) is 15.6. The van der Waals surface area contributed by atoms with Gasteiger partial charge in [-0.1, -0.05) is 41.9 Å². The van der Waals surface area contributed by atoms with Crippen LogP contribution >= 0.6 is 22.9 Å². The maximum atomic E-state index is 6.03. The number of hydrazone groups is 1. The summed E-state index contributed by atoms with van der Waals surface area (Å²) < 4.78 is 11.5. The van der Waals surface area contributed by atoms with E-state index in [0.717, 1.165) is 44.6 Å². The fraction of sp³-hybridized carbons (Fsp3) is 0.120. The quantitative estimate of drug-likeness (QED) is 0.230. The molecule has 0 atom stereocenters. The Morgan fingerprint density at radius 2 is 1.88 bits per heavy atom. The lowest BCUT2D eigenvalue weighted by Crippen LogP contribution is -2.01. The van der Waals surface area contributed by atoms with Gasteiger partial charge >= 0.3 is 0 Å². The van der Waals surface area contributed by atoms with Crippen LogP contribution in [0.4, 0.5) is 5.13 Å². The predicted molar refractivity (Wildman–Crippen MR) is 132 cm³/mol. The molecule has 0 spiro atoms. The van der Waals surface area contributed by atoms with Crippen LogP contribution < -0.4 is 14.9 Å². The van der Waals surface area contributed by atoms with Crippen LogP contribution in [0.2, 0.25) is 5.02 Å². The van der Waals surface area contributed by atoms with Crippen molar-refractivity contribution >= 4 is 34.3 Å². The van der Waals surface area contributed by atoms with Crippen molar-refractivity contribution in [2.45, 2.75) is 13.5 Å². The van der Waals surface area contributed by atoms with Crippen molar-refractivity contribution in [2.24, 2.45) is 5.10 Å². The number of rotatable bonds is 8. The number of methoxy groups -OCH3 is 1. The molecular formula is C25H22ClN3O2S. The van der Waals surface area contributed by atoms with Crippen LogP contribution in [0.15, 0.2) is 77.2 Å². The Morgan fingerprint density at radius 3 is 2.66 bits per heavy atom. The van der Waals surface area contributed by atoms with E-state index >= 15 is 0 Å². The summed E-state index contributed by atoms with van der Waals surface area (Å²) in [5.41, 5.74) is 7.84. The average Bonchev–Trinajstić information content (AvgIpc) is 3.28. The summed E-state index contributed by atoms with van der Waals surface area (Å²) >= 11 is 7.54. The number of nitrogens with one attached hydrogen (secondary N) is 1. The van der Waals surface area contributed by atoms with Crippen molar-refractivity contribution in [1.82, 2.24) is 4.98 Å². The minimum absolute atomic E-state index is 0.369. The molecule has 0 saturated heterocycles. The van der Waals surface area contributed by atoms with Crippen molar-refractivity contribution in [3.05, 3.63) is 93.8 Å². The highest BCUT2D eigenvalue weighted by molar-refractivity contribution is 7.14. The molecule has 0 radical (unpaired) electrons. The molecule has 0 fully saturated rings. The maximum Gasteiger partial charge on any atom is 0.203 e. The second-order valence-corrected chi connectivity index (χ2v) is 8.34. The second kappa shape index (κ2) is 10.3. The van der Waals surface area contributed by atoms with E-state index in [1.54, 1.807) is 13.3 Å². The van der Waals surface area contributed by atoms with Gasteiger partial charge in [0.05, 0.1) is 19.0 Å². The summed E-state index contributed by atoms with van der Waals surface area (Å²) in [6, 6.07) is 21.5. The minimum atomic E-state index is 0.369. The number of hydrogen-bond donors (Lipinski definition) is 1. The highest BCUT2D eigenvalue weighted by atomic mass is 35.5. The van der Waals surface area contributed by atoms with Gasteiger partial charge in [0.25, 0.3) is 0 Å². The third kappa shape index (κ3) is 5.46. The van der Waals surface area contributed by atoms with E-state index in [1.807, 2.05) is 79.0 Å². The molecule has 1 aromatic heterocycles. The van der Waals surface area contributed by atoms with Gasteiger partial charge in [0, 0.05) is 21.5 Å². The summed E-state index contributed by atoms with van der Waals surface area (Å²) in [5.74, 6) is 1.55. The molecule has 0 bridgehead atoms. The number of hydrogen-bond acceptors (Lipinski definition) is 6. The zero-order valence-electron chi connectivity index (χ0n) is 17.7. The van der Waals surface area contributed by atoms with Crippen molar-refractivity contribution in [1.29, 1.82) is 0 Å². The molecule has 162 valence electrons. The number of thiazole rings is 1. The van der Waals surface area contributed by atoms with Crippen LogP contribution in [0.5, 0.6) is 11.5 Å². The molecule has 32 heavy (non-hydrogen) atoms. The Bertz CT molecular complexity index is 1230. The SMILES string of the molecule is COc1ccc(C=NNc2nc(-c3ccccc3)cs2)cc1COc1ccc(Cl)cc1C. The number of ether oxygens (including phenoxy) is 2. The monoisotopic (exact) mass is 463 g/mol. The van der Waals surface area contributed by atoms with E-state index in [0.29, 0.717) is 11.6 Å². The van der Waals surface area contributed by atoms with Crippen molar-refractivity contribution < 1.29 is 9.47 Å². The molecule has 0 amide bonds. The standard InChI is InChI=1S/C25H22ClN3O2S/c1-17-12-21(26)9-11-23(17)31-15-20-13-18(8-10-24(20)30-2)14-27-29-25-28-22(16-32-25)19-6-4-3-5-7-19/h3-14,16H,15H2,1-2H3,(H,28,29). The molecule has 4 aromatic rings. The number of aryl methyl sites for hydroxylation is 1. The molecule has 7 heteroatoms. The fourth-order valence-corrected chi connectivity index (χ4v) is 4.05. The third-order valence-corrected chi connectivity index (χ3v) is 5.75. The van der Waals surface area contributed by atoms with Crippen molar-refractivity contribution in [2.75, 3.05) is 12.5 Å². The van der Waals surface area contributed by atoms with E-state index in [2.05, 4.69) is 15.5 Å². The Labute approximate surface area is 196 Å². The highest BCUT2D eigenvalue weighted by Gasteiger charge is 2.07. The van der Waals surface area contributed by atoms with Gasteiger partial charge in [-0.05, 0) is 54.4 Å². The Balaban J connectivity index is 1.43. The molecule has 3 aromatic carbocycles. The van der Waals surface area contributed by atoms with Crippen LogP contribution in [0, 0.1) is 6.92 Å². The van der Waals surface area contributed by atoms with Gasteiger partial charge in [-0.15, -0.1) is 11.3 Å². The van der Waals surface area contributed by atoms with Crippen LogP contribution in [-0.4, -0.2) is 18.3 Å². The first-order valence-electron chi connectivity index (χ1n) is 9.98. The van der Waals surface area contributed by atoms with Crippen LogP contribution in [0.3, 0.4) is 0 Å². The lowest BCUT2D eigenvalue weighted by atomic mass is 10.1. The number of aromatic nitrogens is 1. The maximum absolute atomic E-state index is 6.03. The summed E-state index contributed by atoms with van der Waals surface area (Å²) in [7, 11) is 1.65. The topological polar surface area (TPSA) is 55.7 Å². The molecule has 0 unspecified atom stereocenters. The molecule has 0 aliphatic heterocycles. The first kappa shape index (κ1) is 21.9. The Kier molecular flexibility index (Phi) is 7.04. The molecule has 1 N–H and O–H groups in total. The van der Waals surface area contributed by atoms with Crippen LogP contribution in [-0.2, 0) is 6.61 Å². The molecular weight excluding hydrogens is 442 g/mol. The lowest BCUT2D eigenvalue weighted by molar-refractivity contribution is 0.295. The van der Waals surface area contributed by atoms with Gasteiger partial charge in [-0.25, -0.2) is 4.98 Å². The van der Waals surface area contributed by atoms with E-state index in [1.165, 1.54) is 11.3 Å². The van der Waals surface area contributed by atoms with Gasteiger partial charge < -0.3 is 9.47 Å². The molecule has 0 aliphatic carbocycles. The summed E-state index contributed by atoms with van der Waals surface area (Å²) in [5, 5.41) is 7.76. The number of nitrogens with zero attached hydrogens (tertiary/aromatic N) is 2. The third-order valence-electron chi connectivity index (χ3n) is 4.77. The largest absolute Gasteiger partial charge is 0.496 e. The Hall–Kier alpha value is -3.35. The van der Waals surface area contributed by atoms with E-state index < -0.39 is 0 Å². The number of halogens is 1. The zero-order chi connectivity index (χ0) is 22.3. The molecule has 0 aliphatic rings. The number of anilines is 1. The minimum Gasteiger partial charge on any atom is -0.496 e. The summed E-state index contributed by atoms with van der Waals surface area (Å²) in [6.07, 6.45) is 1.75. The van der Waals surface area contributed by atoms with E-state index in [-0.39, 0.29) is 0 Å². The van der Waals surface area contributed by atoms with Crippen molar-refractivity contribution in [3.63, 3.8) is 0 Å². The summed E-state index contributed by atoms with van der Waals surface area (Å²) in [6.45, 7) is 2.34. The Morgan fingerprint density at radius 1 is 1.06 bits per heavy atom. The van der Waals surface area contributed by atoms with Crippen LogP contribution in [0.1, 0.15) is 16.7 Å². The van der Waals surface area contributed by atoms with Gasteiger partial charge in [0.15, 0.2) is 0 Å². The van der Waals surface area contributed by atoms with Crippen molar-refractivity contribution in [3.8, 4) is 22.8 Å². The molecule has 5 nitrogen and oxygen atoms in total. The first-order valence-corrected chi connectivity index (χ1v) is 11.2.